The van der Waals surface area contributed by atoms with E-state index >= 15 is 0 Å². The normalized spacial score (nSPS) is 11.1. The number of fused-ring (bicyclic) bond motifs is 3. The van der Waals surface area contributed by atoms with Crippen molar-refractivity contribution in [2.24, 2.45) is 0 Å². The fourth-order valence-electron chi connectivity index (χ4n) is 1.65. The van der Waals surface area contributed by atoms with Crippen molar-refractivity contribution in [3.63, 3.8) is 0 Å². The standard InChI is InChI=1S/C10H6N4O3/c15-8-7(9(16)17)12-10-11-5-3-1-2-4-6(5)14(10)13-8/h1-4H,(H,13,15)(H,16,17). The molecule has 0 saturated carbocycles. The second-order valence-corrected chi connectivity index (χ2v) is 3.44. The number of hydrogen-bond donors (Lipinski definition) is 2. The van der Waals surface area contributed by atoms with Crippen molar-refractivity contribution in [1.29, 1.82) is 0 Å². The number of imidazole rings is 1. The highest BCUT2D eigenvalue weighted by Gasteiger charge is 2.14. The lowest BCUT2D eigenvalue weighted by atomic mass is 10.3. The highest BCUT2D eigenvalue weighted by atomic mass is 16.4. The Morgan fingerprint density at radius 1 is 1.29 bits per heavy atom. The molecule has 3 aromatic rings. The smallest absolute Gasteiger partial charge is 0.360 e. The van der Waals surface area contributed by atoms with E-state index in [1.54, 1.807) is 24.3 Å². The van der Waals surface area contributed by atoms with Gasteiger partial charge in [0.25, 0.3) is 11.3 Å². The summed E-state index contributed by atoms with van der Waals surface area (Å²) in [5, 5.41) is 11.2. The molecule has 0 amide bonds. The average Bonchev–Trinajstić information content (AvgIpc) is 2.65. The van der Waals surface area contributed by atoms with Crippen LogP contribution in [0.3, 0.4) is 0 Å². The minimum Gasteiger partial charge on any atom is -0.476 e. The first-order valence-electron chi connectivity index (χ1n) is 4.77. The molecule has 0 unspecified atom stereocenters. The van der Waals surface area contributed by atoms with E-state index in [2.05, 4.69) is 15.1 Å². The van der Waals surface area contributed by atoms with Crippen LogP contribution >= 0.6 is 0 Å². The number of carboxylic acids is 1. The second-order valence-electron chi connectivity index (χ2n) is 3.44. The van der Waals surface area contributed by atoms with Crippen LogP contribution in [-0.4, -0.2) is 30.7 Å². The lowest BCUT2D eigenvalue weighted by Gasteiger charge is -1.95. The first kappa shape index (κ1) is 9.52. The van der Waals surface area contributed by atoms with Gasteiger partial charge in [0.1, 0.15) is 0 Å². The minimum absolute atomic E-state index is 0.156. The average molecular weight is 230 g/mol. The van der Waals surface area contributed by atoms with Crippen molar-refractivity contribution in [3.8, 4) is 0 Å². The van der Waals surface area contributed by atoms with E-state index in [0.717, 1.165) is 0 Å². The van der Waals surface area contributed by atoms with Gasteiger partial charge >= 0.3 is 5.97 Å². The fraction of sp³-hybridized carbons (Fsp3) is 0. The van der Waals surface area contributed by atoms with Gasteiger partial charge in [-0.25, -0.2) is 14.3 Å². The van der Waals surface area contributed by atoms with Gasteiger partial charge in [0.15, 0.2) is 0 Å². The van der Waals surface area contributed by atoms with Crippen molar-refractivity contribution in [1.82, 2.24) is 19.6 Å². The number of hydrogen-bond acceptors (Lipinski definition) is 4. The van der Waals surface area contributed by atoms with E-state index in [9.17, 15) is 9.59 Å². The monoisotopic (exact) mass is 230 g/mol. The highest BCUT2D eigenvalue weighted by molar-refractivity contribution is 5.86. The number of aromatic amines is 1. The fourth-order valence-corrected chi connectivity index (χ4v) is 1.65. The first-order chi connectivity index (χ1) is 8.16. The number of carbonyl (C=O) groups is 1. The van der Waals surface area contributed by atoms with Gasteiger partial charge in [0.2, 0.25) is 5.69 Å². The number of rotatable bonds is 1. The summed E-state index contributed by atoms with van der Waals surface area (Å²) in [4.78, 5) is 30.1. The van der Waals surface area contributed by atoms with E-state index in [4.69, 9.17) is 5.11 Å². The van der Waals surface area contributed by atoms with E-state index in [1.807, 2.05) is 0 Å². The van der Waals surface area contributed by atoms with Crippen molar-refractivity contribution >= 4 is 22.8 Å². The summed E-state index contributed by atoms with van der Waals surface area (Å²) in [7, 11) is 0. The zero-order chi connectivity index (χ0) is 12.0. The molecule has 0 atom stereocenters. The second kappa shape index (κ2) is 3.14. The van der Waals surface area contributed by atoms with Crippen LogP contribution < -0.4 is 5.56 Å². The molecule has 2 heterocycles. The molecule has 3 rings (SSSR count). The predicted molar refractivity (Wildman–Crippen MR) is 58.1 cm³/mol. The van der Waals surface area contributed by atoms with Gasteiger partial charge in [-0.15, -0.1) is 0 Å². The van der Waals surface area contributed by atoms with Gasteiger partial charge in [-0.2, -0.15) is 4.98 Å². The van der Waals surface area contributed by atoms with Crippen molar-refractivity contribution in [3.05, 3.63) is 40.3 Å². The van der Waals surface area contributed by atoms with E-state index < -0.39 is 17.2 Å². The largest absolute Gasteiger partial charge is 0.476 e. The Kier molecular flexibility index (Phi) is 1.76. The lowest BCUT2D eigenvalue weighted by molar-refractivity contribution is 0.0688. The molecular formula is C10H6N4O3. The Morgan fingerprint density at radius 3 is 2.82 bits per heavy atom. The lowest BCUT2D eigenvalue weighted by Crippen LogP contribution is -2.22. The van der Waals surface area contributed by atoms with Gasteiger partial charge in [-0.05, 0) is 12.1 Å². The molecule has 84 valence electrons. The van der Waals surface area contributed by atoms with Gasteiger partial charge in [-0.1, -0.05) is 12.1 Å². The zero-order valence-electron chi connectivity index (χ0n) is 8.41. The van der Waals surface area contributed by atoms with Crippen molar-refractivity contribution in [2.45, 2.75) is 0 Å². The third kappa shape index (κ3) is 1.29. The van der Waals surface area contributed by atoms with Crippen LogP contribution in [-0.2, 0) is 0 Å². The SMILES string of the molecule is O=C(O)c1nc2nc3ccccc3n2[nH]c1=O. The van der Waals surface area contributed by atoms with Gasteiger partial charge in [0, 0.05) is 0 Å². The molecule has 7 nitrogen and oxygen atoms in total. The molecule has 0 spiro atoms. The Morgan fingerprint density at radius 2 is 2.06 bits per heavy atom. The summed E-state index contributed by atoms with van der Waals surface area (Å²) >= 11 is 0. The molecule has 0 radical (unpaired) electrons. The van der Waals surface area contributed by atoms with Crippen molar-refractivity contribution in [2.75, 3.05) is 0 Å². The number of H-pyrrole nitrogens is 1. The maximum atomic E-state index is 11.5. The molecule has 0 saturated heterocycles. The number of aromatic carboxylic acids is 1. The Hall–Kier alpha value is -2.70. The van der Waals surface area contributed by atoms with Crippen LogP contribution in [0.25, 0.3) is 16.8 Å². The molecular weight excluding hydrogens is 224 g/mol. The summed E-state index contributed by atoms with van der Waals surface area (Å²) in [6, 6.07) is 7.10. The van der Waals surface area contributed by atoms with E-state index in [-0.39, 0.29) is 5.78 Å². The third-order valence-electron chi connectivity index (χ3n) is 2.39. The molecule has 1 aromatic carbocycles. The van der Waals surface area contributed by atoms with Crippen LogP contribution in [0.5, 0.6) is 0 Å². The summed E-state index contributed by atoms with van der Waals surface area (Å²) in [6.07, 6.45) is 0. The molecule has 0 aliphatic rings. The number of carboxylic acid groups (broad SMARTS) is 1. The number of benzene rings is 1. The highest BCUT2D eigenvalue weighted by Crippen LogP contribution is 2.12. The molecule has 0 aliphatic carbocycles. The first-order valence-corrected chi connectivity index (χ1v) is 4.77. The van der Waals surface area contributed by atoms with E-state index in [0.29, 0.717) is 11.0 Å². The molecule has 17 heavy (non-hydrogen) atoms. The topological polar surface area (TPSA) is 100 Å². The predicted octanol–water partition coefficient (Wildman–Crippen LogP) is 0.269. The maximum absolute atomic E-state index is 11.5. The van der Waals surface area contributed by atoms with Gasteiger partial charge in [0.05, 0.1) is 11.0 Å². The molecule has 2 N–H and O–H groups in total. The zero-order valence-corrected chi connectivity index (χ0v) is 8.41. The molecule has 0 aliphatic heterocycles. The number of aromatic nitrogens is 4. The molecule has 0 bridgehead atoms. The quantitative estimate of drug-likeness (QED) is 0.624. The molecule has 0 fully saturated rings. The summed E-state index contributed by atoms with van der Waals surface area (Å²) in [5.41, 5.74) is -0.0109. The molecule has 7 heteroatoms. The van der Waals surface area contributed by atoms with Gasteiger partial charge < -0.3 is 5.11 Å². The summed E-state index contributed by atoms with van der Waals surface area (Å²) in [6.45, 7) is 0. The van der Waals surface area contributed by atoms with Crippen LogP contribution in [0.1, 0.15) is 10.5 Å². The maximum Gasteiger partial charge on any atom is 0.360 e. The number of nitrogens with one attached hydrogen (secondary N) is 1. The van der Waals surface area contributed by atoms with Crippen LogP contribution in [0.2, 0.25) is 0 Å². The van der Waals surface area contributed by atoms with Crippen molar-refractivity contribution < 1.29 is 9.90 Å². The van der Waals surface area contributed by atoms with Crippen LogP contribution in [0.4, 0.5) is 0 Å². The number of para-hydroxylation sites is 2. The Balaban J connectivity index is 2.50. The summed E-state index contributed by atoms with van der Waals surface area (Å²) < 4.78 is 1.37. The van der Waals surface area contributed by atoms with E-state index in [1.165, 1.54) is 4.52 Å². The number of nitrogens with zero attached hydrogens (tertiary/aromatic N) is 3. The summed E-state index contributed by atoms with van der Waals surface area (Å²) in [5.74, 6) is -1.22. The molecule has 2 aromatic heterocycles. The van der Waals surface area contributed by atoms with Crippen LogP contribution in [0, 0.1) is 0 Å². The Bertz CT molecular complexity index is 802. The third-order valence-corrected chi connectivity index (χ3v) is 2.39. The Labute approximate surface area is 93.3 Å². The minimum atomic E-state index is -1.37. The van der Waals surface area contributed by atoms with Crippen LogP contribution in [0.15, 0.2) is 29.1 Å². The van der Waals surface area contributed by atoms with Gasteiger partial charge in [-0.3, -0.25) is 9.89 Å².